The summed E-state index contributed by atoms with van der Waals surface area (Å²) in [5.74, 6) is 1.24. The van der Waals surface area contributed by atoms with E-state index in [0.29, 0.717) is 31.2 Å². The molecule has 24 heavy (non-hydrogen) atoms. The van der Waals surface area contributed by atoms with Crippen LogP contribution in [0.25, 0.3) is 0 Å². The Hall–Kier alpha value is -1.50. The third-order valence-corrected chi connectivity index (χ3v) is 3.74. The highest BCUT2D eigenvalue weighted by molar-refractivity contribution is 5.87. The van der Waals surface area contributed by atoms with Crippen LogP contribution in [0, 0.1) is 0 Å². The maximum Gasteiger partial charge on any atom is 0.230 e. The molecule has 6 nitrogen and oxygen atoms in total. The van der Waals surface area contributed by atoms with Crippen LogP contribution in [-0.4, -0.2) is 53.5 Å². The molecule has 0 aliphatic rings. The molecule has 0 heterocycles. The number of methoxy groups -OCH3 is 3. The zero-order valence-corrected chi connectivity index (χ0v) is 15.9. The van der Waals surface area contributed by atoms with Gasteiger partial charge < -0.3 is 24.8 Å². The van der Waals surface area contributed by atoms with E-state index in [1.54, 1.807) is 21.3 Å². The van der Waals surface area contributed by atoms with Gasteiger partial charge in [0, 0.05) is 26.7 Å². The number of ether oxygens (including phenoxy) is 3. The lowest BCUT2D eigenvalue weighted by Gasteiger charge is -2.25. The SMILES string of the molecule is COCCNCCNC(=O)C(C)(C)c1ccc(OC)c(OC)c1.Cl. The van der Waals surface area contributed by atoms with Crippen molar-refractivity contribution in [2.45, 2.75) is 19.3 Å². The van der Waals surface area contributed by atoms with Crippen molar-refractivity contribution in [3.63, 3.8) is 0 Å². The Kier molecular flexibility index (Phi) is 10.4. The van der Waals surface area contributed by atoms with Crippen molar-refractivity contribution in [3.05, 3.63) is 23.8 Å². The molecule has 0 fully saturated rings. The summed E-state index contributed by atoms with van der Waals surface area (Å²) in [6.45, 7) is 6.48. The summed E-state index contributed by atoms with van der Waals surface area (Å²) in [7, 11) is 4.83. The molecule has 0 saturated heterocycles. The van der Waals surface area contributed by atoms with Gasteiger partial charge in [0.2, 0.25) is 5.91 Å². The topological polar surface area (TPSA) is 68.8 Å². The minimum absolute atomic E-state index is 0. The van der Waals surface area contributed by atoms with Crippen molar-refractivity contribution in [2.75, 3.05) is 47.6 Å². The summed E-state index contributed by atoms with van der Waals surface area (Å²) in [6, 6.07) is 5.54. The molecular formula is C17H29ClN2O4. The molecule has 0 atom stereocenters. The van der Waals surface area contributed by atoms with E-state index in [2.05, 4.69) is 10.6 Å². The average molecular weight is 361 g/mol. The van der Waals surface area contributed by atoms with Gasteiger partial charge >= 0.3 is 0 Å². The van der Waals surface area contributed by atoms with E-state index in [1.165, 1.54) is 0 Å². The Balaban J connectivity index is 0.00000529. The molecule has 0 aromatic heterocycles. The molecule has 138 valence electrons. The monoisotopic (exact) mass is 360 g/mol. The van der Waals surface area contributed by atoms with E-state index in [1.807, 2.05) is 32.0 Å². The van der Waals surface area contributed by atoms with Crippen molar-refractivity contribution in [3.8, 4) is 11.5 Å². The van der Waals surface area contributed by atoms with Crippen LogP contribution in [0.15, 0.2) is 18.2 Å². The van der Waals surface area contributed by atoms with Crippen molar-refractivity contribution in [1.82, 2.24) is 10.6 Å². The quantitative estimate of drug-likeness (QED) is 0.622. The molecule has 0 spiro atoms. The van der Waals surface area contributed by atoms with Crippen LogP contribution in [0.1, 0.15) is 19.4 Å². The zero-order chi connectivity index (χ0) is 17.3. The van der Waals surface area contributed by atoms with Crippen molar-refractivity contribution >= 4 is 18.3 Å². The van der Waals surface area contributed by atoms with Gasteiger partial charge in [0.25, 0.3) is 0 Å². The molecule has 1 aromatic rings. The Morgan fingerprint density at radius 3 is 2.29 bits per heavy atom. The summed E-state index contributed by atoms with van der Waals surface area (Å²) in [6.07, 6.45) is 0. The third-order valence-electron chi connectivity index (χ3n) is 3.74. The van der Waals surface area contributed by atoms with Gasteiger partial charge in [-0.1, -0.05) is 6.07 Å². The third kappa shape index (κ3) is 6.19. The highest BCUT2D eigenvalue weighted by Gasteiger charge is 2.30. The van der Waals surface area contributed by atoms with Gasteiger partial charge in [-0.3, -0.25) is 4.79 Å². The molecule has 1 aromatic carbocycles. The molecule has 2 N–H and O–H groups in total. The van der Waals surface area contributed by atoms with E-state index >= 15 is 0 Å². The molecule has 0 saturated carbocycles. The van der Waals surface area contributed by atoms with Crippen LogP contribution >= 0.6 is 12.4 Å². The van der Waals surface area contributed by atoms with E-state index in [-0.39, 0.29) is 18.3 Å². The van der Waals surface area contributed by atoms with Crippen LogP contribution in [-0.2, 0) is 14.9 Å². The Morgan fingerprint density at radius 1 is 1.04 bits per heavy atom. The second-order valence-corrected chi connectivity index (χ2v) is 5.69. The molecule has 0 aliphatic heterocycles. The fourth-order valence-electron chi connectivity index (χ4n) is 2.14. The standard InChI is InChI=1S/C17H28N2O4.ClH/c1-17(2,16(20)19-9-8-18-10-11-21-3)13-6-7-14(22-4)15(12-13)23-5;/h6-7,12,18H,8-11H2,1-5H3,(H,19,20);1H. The first-order valence-electron chi connectivity index (χ1n) is 7.67. The average Bonchev–Trinajstić information content (AvgIpc) is 2.56. The predicted octanol–water partition coefficient (Wildman–Crippen LogP) is 1.76. The maximum absolute atomic E-state index is 12.5. The van der Waals surface area contributed by atoms with Crippen LogP contribution in [0.5, 0.6) is 11.5 Å². The van der Waals surface area contributed by atoms with Crippen LogP contribution in [0.2, 0.25) is 0 Å². The van der Waals surface area contributed by atoms with E-state index < -0.39 is 5.41 Å². The summed E-state index contributed by atoms with van der Waals surface area (Å²) in [5, 5.41) is 6.14. The first-order valence-corrected chi connectivity index (χ1v) is 7.67. The minimum Gasteiger partial charge on any atom is -0.493 e. The molecule has 1 amide bonds. The smallest absolute Gasteiger partial charge is 0.230 e. The number of halogens is 1. The van der Waals surface area contributed by atoms with Crippen molar-refractivity contribution < 1.29 is 19.0 Å². The summed E-state index contributed by atoms with van der Waals surface area (Å²) in [5.41, 5.74) is 0.214. The molecule has 7 heteroatoms. The number of nitrogens with one attached hydrogen (secondary N) is 2. The molecule has 1 rings (SSSR count). The first kappa shape index (κ1) is 22.5. The predicted molar refractivity (Wildman–Crippen MR) is 97.6 cm³/mol. The van der Waals surface area contributed by atoms with Crippen LogP contribution in [0.3, 0.4) is 0 Å². The second kappa shape index (κ2) is 11.1. The summed E-state index contributed by atoms with van der Waals surface area (Å²) < 4.78 is 15.5. The summed E-state index contributed by atoms with van der Waals surface area (Å²) in [4.78, 5) is 12.5. The normalized spacial score (nSPS) is 10.7. The number of hydrogen-bond acceptors (Lipinski definition) is 5. The highest BCUT2D eigenvalue weighted by Crippen LogP contribution is 2.33. The highest BCUT2D eigenvalue weighted by atomic mass is 35.5. The van der Waals surface area contributed by atoms with Crippen LogP contribution in [0.4, 0.5) is 0 Å². The van der Waals surface area contributed by atoms with Gasteiger partial charge in [-0.2, -0.15) is 0 Å². The van der Waals surface area contributed by atoms with Crippen molar-refractivity contribution in [1.29, 1.82) is 0 Å². The van der Waals surface area contributed by atoms with E-state index in [0.717, 1.165) is 12.1 Å². The summed E-state index contributed by atoms with van der Waals surface area (Å²) >= 11 is 0. The lowest BCUT2D eigenvalue weighted by Crippen LogP contribution is -2.42. The molecule has 0 bridgehead atoms. The van der Waals surface area contributed by atoms with E-state index in [4.69, 9.17) is 14.2 Å². The molecule has 0 radical (unpaired) electrons. The van der Waals surface area contributed by atoms with Gasteiger partial charge in [0.1, 0.15) is 0 Å². The van der Waals surface area contributed by atoms with E-state index in [9.17, 15) is 4.79 Å². The maximum atomic E-state index is 12.5. The lowest BCUT2D eigenvalue weighted by molar-refractivity contribution is -0.125. The van der Waals surface area contributed by atoms with Gasteiger partial charge in [-0.25, -0.2) is 0 Å². The van der Waals surface area contributed by atoms with Gasteiger partial charge in [-0.05, 0) is 31.5 Å². The lowest BCUT2D eigenvalue weighted by atomic mass is 9.83. The minimum atomic E-state index is -0.661. The number of benzene rings is 1. The first-order chi connectivity index (χ1) is 11.0. The van der Waals surface area contributed by atoms with Gasteiger partial charge in [0.15, 0.2) is 11.5 Å². The Bertz CT molecular complexity index is 509. The number of carbonyl (C=O) groups is 1. The zero-order valence-electron chi connectivity index (χ0n) is 15.1. The van der Waals surface area contributed by atoms with Gasteiger partial charge in [0.05, 0.1) is 26.2 Å². The van der Waals surface area contributed by atoms with Gasteiger partial charge in [-0.15, -0.1) is 12.4 Å². The van der Waals surface area contributed by atoms with Crippen LogP contribution < -0.4 is 20.1 Å². The molecular weight excluding hydrogens is 332 g/mol. The Morgan fingerprint density at radius 2 is 1.71 bits per heavy atom. The number of carbonyl (C=O) groups excluding carboxylic acids is 1. The number of hydrogen-bond donors (Lipinski definition) is 2. The second-order valence-electron chi connectivity index (χ2n) is 5.69. The fourth-order valence-corrected chi connectivity index (χ4v) is 2.14. The number of rotatable bonds is 10. The molecule has 0 aliphatic carbocycles. The van der Waals surface area contributed by atoms with Crippen molar-refractivity contribution in [2.24, 2.45) is 0 Å². The Labute approximate surface area is 150 Å². The molecule has 0 unspecified atom stereocenters. The fraction of sp³-hybridized carbons (Fsp3) is 0.588. The largest absolute Gasteiger partial charge is 0.493 e. The number of amides is 1.